The van der Waals surface area contributed by atoms with Gasteiger partial charge in [-0.1, -0.05) is 18.2 Å². The molecule has 0 bridgehead atoms. The summed E-state index contributed by atoms with van der Waals surface area (Å²) in [5.74, 6) is 0.193. The molecule has 2 atom stereocenters. The van der Waals surface area contributed by atoms with Crippen molar-refractivity contribution >= 4 is 24.2 Å². The number of carbonyl (C=O) groups excluding carboxylic acids is 2. The van der Waals surface area contributed by atoms with Crippen LogP contribution in [0.25, 0.3) is 0 Å². The van der Waals surface area contributed by atoms with Crippen molar-refractivity contribution in [2.75, 3.05) is 32.7 Å². The third-order valence-corrected chi connectivity index (χ3v) is 4.86. The Morgan fingerprint density at radius 1 is 1.17 bits per heavy atom. The van der Waals surface area contributed by atoms with Gasteiger partial charge in [0.25, 0.3) is 5.91 Å². The molecular formula is C18H26ClN3O2. The number of nitrogens with one attached hydrogen (secondary N) is 1. The molecule has 0 saturated carbocycles. The number of benzene rings is 1. The molecule has 6 heteroatoms. The van der Waals surface area contributed by atoms with Crippen molar-refractivity contribution in [3.05, 3.63) is 35.9 Å². The van der Waals surface area contributed by atoms with E-state index in [-0.39, 0.29) is 36.2 Å². The molecule has 24 heavy (non-hydrogen) atoms. The Morgan fingerprint density at radius 3 is 2.62 bits per heavy atom. The van der Waals surface area contributed by atoms with Crippen molar-refractivity contribution in [2.24, 2.45) is 5.92 Å². The summed E-state index contributed by atoms with van der Waals surface area (Å²) < 4.78 is 0. The van der Waals surface area contributed by atoms with Crippen molar-refractivity contribution in [1.29, 1.82) is 0 Å². The number of hydrogen-bond acceptors (Lipinski definition) is 3. The second-order valence-corrected chi connectivity index (χ2v) is 6.54. The lowest BCUT2D eigenvalue weighted by Gasteiger charge is -2.39. The average Bonchev–Trinajstić information content (AvgIpc) is 2.62. The summed E-state index contributed by atoms with van der Waals surface area (Å²) in [6, 6.07) is 9.57. The predicted octanol–water partition coefficient (Wildman–Crippen LogP) is 1.78. The fraction of sp³-hybridized carbons (Fsp3) is 0.556. The van der Waals surface area contributed by atoms with Crippen molar-refractivity contribution in [3.63, 3.8) is 0 Å². The van der Waals surface area contributed by atoms with Crippen LogP contribution in [0, 0.1) is 5.92 Å². The smallest absolute Gasteiger partial charge is 0.253 e. The highest BCUT2D eigenvalue weighted by Gasteiger charge is 2.33. The van der Waals surface area contributed by atoms with Gasteiger partial charge in [-0.3, -0.25) is 9.59 Å². The first-order valence-electron chi connectivity index (χ1n) is 8.52. The molecule has 5 nitrogen and oxygen atoms in total. The molecule has 2 heterocycles. The lowest BCUT2D eigenvalue weighted by molar-refractivity contribution is -0.139. The summed E-state index contributed by atoms with van der Waals surface area (Å²) in [5.41, 5.74) is 0.705. The van der Waals surface area contributed by atoms with E-state index in [2.05, 4.69) is 12.2 Å². The lowest BCUT2D eigenvalue weighted by Crippen LogP contribution is -2.55. The van der Waals surface area contributed by atoms with Crippen molar-refractivity contribution in [1.82, 2.24) is 15.1 Å². The van der Waals surface area contributed by atoms with Gasteiger partial charge in [-0.15, -0.1) is 12.4 Å². The van der Waals surface area contributed by atoms with E-state index in [4.69, 9.17) is 0 Å². The van der Waals surface area contributed by atoms with E-state index >= 15 is 0 Å². The molecule has 1 unspecified atom stereocenters. The van der Waals surface area contributed by atoms with Gasteiger partial charge in [0.1, 0.15) is 0 Å². The van der Waals surface area contributed by atoms with E-state index in [1.807, 2.05) is 40.1 Å². The average molecular weight is 352 g/mol. The van der Waals surface area contributed by atoms with Gasteiger partial charge in [0.15, 0.2) is 0 Å². The van der Waals surface area contributed by atoms with Crippen LogP contribution < -0.4 is 5.32 Å². The molecule has 1 aromatic rings. The van der Waals surface area contributed by atoms with Crippen LogP contribution in [0.2, 0.25) is 0 Å². The minimum Gasteiger partial charge on any atom is -0.338 e. The van der Waals surface area contributed by atoms with E-state index in [9.17, 15) is 9.59 Å². The van der Waals surface area contributed by atoms with E-state index in [0.717, 1.165) is 39.0 Å². The first-order valence-corrected chi connectivity index (χ1v) is 8.52. The molecule has 0 aliphatic carbocycles. The number of piperidine rings is 1. The Kier molecular flexibility index (Phi) is 6.63. The van der Waals surface area contributed by atoms with Crippen LogP contribution >= 0.6 is 12.4 Å². The number of nitrogens with zero attached hydrogens (tertiary/aromatic N) is 2. The van der Waals surface area contributed by atoms with E-state index in [1.54, 1.807) is 0 Å². The molecule has 2 amide bonds. The molecule has 2 aliphatic rings. The third-order valence-electron chi connectivity index (χ3n) is 4.86. The van der Waals surface area contributed by atoms with E-state index < -0.39 is 0 Å². The normalized spacial score (nSPS) is 24.2. The molecule has 0 radical (unpaired) electrons. The van der Waals surface area contributed by atoms with Crippen molar-refractivity contribution in [2.45, 2.75) is 25.8 Å². The van der Waals surface area contributed by atoms with Gasteiger partial charge < -0.3 is 15.1 Å². The zero-order chi connectivity index (χ0) is 16.2. The Hall–Kier alpha value is -1.59. The Balaban J connectivity index is 0.00000208. The van der Waals surface area contributed by atoms with Crippen LogP contribution in [-0.4, -0.2) is 60.4 Å². The van der Waals surface area contributed by atoms with Gasteiger partial charge >= 0.3 is 0 Å². The van der Waals surface area contributed by atoms with Crippen molar-refractivity contribution in [3.8, 4) is 0 Å². The van der Waals surface area contributed by atoms with Crippen LogP contribution in [0.15, 0.2) is 30.3 Å². The van der Waals surface area contributed by atoms with Crippen LogP contribution in [0.1, 0.15) is 30.1 Å². The standard InChI is InChI=1S/C18H25N3O2.ClH/c1-14-12-19-9-11-21(14)18(23)16-8-5-10-20(13-16)17(22)15-6-3-2-4-7-15;/h2-4,6-7,14,16,19H,5,8-13H2,1H3;1H/t14-,16?;/m1./s1. The first kappa shape index (κ1) is 18.7. The number of piperazine rings is 1. The minimum atomic E-state index is -0.0584. The zero-order valence-electron chi connectivity index (χ0n) is 14.1. The maximum Gasteiger partial charge on any atom is 0.253 e. The molecule has 2 aliphatic heterocycles. The maximum absolute atomic E-state index is 12.8. The fourth-order valence-electron chi connectivity index (χ4n) is 3.53. The quantitative estimate of drug-likeness (QED) is 0.883. The van der Waals surface area contributed by atoms with Gasteiger partial charge in [-0.2, -0.15) is 0 Å². The van der Waals surface area contributed by atoms with E-state index in [1.165, 1.54) is 0 Å². The number of rotatable bonds is 2. The number of hydrogen-bond donors (Lipinski definition) is 1. The SMILES string of the molecule is C[C@@H]1CNCCN1C(=O)C1CCCN(C(=O)c2ccccc2)C1.Cl. The summed E-state index contributed by atoms with van der Waals surface area (Å²) in [6.07, 6.45) is 1.78. The molecule has 132 valence electrons. The summed E-state index contributed by atoms with van der Waals surface area (Å²) >= 11 is 0. The predicted molar refractivity (Wildman–Crippen MR) is 96.4 cm³/mol. The fourth-order valence-corrected chi connectivity index (χ4v) is 3.53. The number of amides is 2. The monoisotopic (exact) mass is 351 g/mol. The second kappa shape index (κ2) is 8.49. The highest BCUT2D eigenvalue weighted by atomic mass is 35.5. The minimum absolute atomic E-state index is 0. The van der Waals surface area contributed by atoms with E-state index in [0.29, 0.717) is 12.1 Å². The van der Waals surface area contributed by atoms with Gasteiger partial charge in [0, 0.05) is 44.3 Å². The molecular weight excluding hydrogens is 326 g/mol. The lowest BCUT2D eigenvalue weighted by atomic mass is 9.95. The van der Waals surface area contributed by atoms with Crippen LogP contribution in [0.5, 0.6) is 0 Å². The molecule has 0 aromatic heterocycles. The van der Waals surface area contributed by atoms with Gasteiger partial charge in [0.2, 0.25) is 5.91 Å². The molecule has 1 N–H and O–H groups in total. The molecule has 2 fully saturated rings. The molecule has 3 rings (SSSR count). The Labute approximate surface area is 149 Å². The van der Waals surface area contributed by atoms with Gasteiger partial charge in [-0.05, 0) is 31.9 Å². The zero-order valence-corrected chi connectivity index (χ0v) is 14.9. The molecule has 2 saturated heterocycles. The molecule has 0 spiro atoms. The topological polar surface area (TPSA) is 52.7 Å². The van der Waals surface area contributed by atoms with Crippen molar-refractivity contribution < 1.29 is 9.59 Å². The summed E-state index contributed by atoms with van der Waals surface area (Å²) in [7, 11) is 0. The Morgan fingerprint density at radius 2 is 1.92 bits per heavy atom. The van der Waals surface area contributed by atoms with Gasteiger partial charge in [0.05, 0.1) is 5.92 Å². The number of halogens is 1. The third kappa shape index (κ3) is 4.08. The number of carbonyl (C=O) groups is 2. The molecule has 1 aromatic carbocycles. The largest absolute Gasteiger partial charge is 0.338 e. The van der Waals surface area contributed by atoms with Crippen LogP contribution in [0.4, 0.5) is 0 Å². The van der Waals surface area contributed by atoms with Crippen LogP contribution in [0.3, 0.4) is 0 Å². The summed E-state index contributed by atoms with van der Waals surface area (Å²) in [6.45, 7) is 5.85. The van der Waals surface area contributed by atoms with Crippen LogP contribution in [-0.2, 0) is 4.79 Å². The summed E-state index contributed by atoms with van der Waals surface area (Å²) in [5, 5.41) is 3.31. The Bertz CT molecular complexity index is 567. The number of likely N-dealkylation sites (tertiary alicyclic amines) is 1. The second-order valence-electron chi connectivity index (χ2n) is 6.54. The summed E-state index contributed by atoms with van der Waals surface area (Å²) in [4.78, 5) is 29.3. The highest BCUT2D eigenvalue weighted by molar-refractivity contribution is 5.94. The highest BCUT2D eigenvalue weighted by Crippen LogP contribution is 2.22. The maximum atomic E-state index is 12.8. The van der Waals surface area contributed by atoms with Gasteiger partial charge in [-0.25, -0.2) is 0 Å². The first-order chi connectivity index (χ1) is 11.2.